The fourth-order valence-electron chi connectivity index (χ4n) is 9.18. The lowest BCUT2D eigenvalue weighted by atomic mass is 9.53. The van der Waals surface area contributed by atoms with Crippen molar-refractivity contribution in [3.05, 3.63) is 96.2 Å². The van der Waals surface area contributed by atoms with Crippen LogP contribution in [0.25, 0.3) is 6.08 Å². The summed E-state index contributed by atoms with van der Waals surface area (Å²) in [4.78, 5) is 27.5. The fourth-order valence-corrected chi connectivity index (χ4v) is 9.18. The maximum absolute atomic E-state index is 13.9. The van der Waals surface area contributed by atoms with Crippen molar-refractivity contribution in [2.45, 2.75) is 93.3 Å². The van der Waals surface area contributed by atoms with Crippen LogP contribution in [0.2, 0.25) is 0 Å². The zero-order chi connectivity index (χ0) is 35.9. The summed E-state index contributed by atoms with van der Waals surface area (Å²) in [5.74, 6) is -6.07. The molecule has 0 radical (unpaired) electrons. The van der Waals surface area contributed by atoms with Crippen molar-refractivity contribution < 1.29 is 53.7 Å². The second kappa shape index (κ2) is 11.9. The van der Waals surface area contributed by atoms with E-state index in [1.54, 1.807) is 63.3 Å². The predicted molar refractivity (Wildman–Crippen MR) is 180 cm³/mol. The van der Waals surface area contributed by atoms with Crippen LogP contribution in [-0.4, -0.2) is 91.6 Å². The number of ether oxygens (including phenoxy) is 5. The largest absolute Gasteiger partial charge is 0.508 e. The van der Waals surface area contributed by atoms with E-state index < -0.39 is 88.9 Å². The van der Waals surface area contributed by atoms with Crippen LogP contribution in [0.3, 0.4) is 0 Å². The monoisotopic (exact) mass is 688 g/mol. The second-order valence-electron chi connectivity index (χ2n) is 14.4. The van der Waals surface area contributed by atoms with Gasteiger partial charge >= 0.3 is 11.9 Å². The average molecular weight is 689 g/mol. The minimum absolute atomic E-state index is 0.0841. The van der Waals surface area contributed by atoms with Crippen molar-refractivity contribution in [2.24, 2.45) is 17.8 Å². The molecule has 3 heterocycles. The molecule has 3 aliphatic heterocycles. The molecule has 0 amide bonds. The molecule has 0 spiro atoms. The maximum Gasteiger partial charge on any atom is 0.331 e. The van der Waals surface area contributed by atoms with Crippen LogP contribution in [0, 0.1) is 17.8 Å². The summed E-state index contributed by atoms with van der Waals surface area (Å²) >= 11 is 0. The third-order valence-electron chi connectivity index (χ3n) is 11.5. The number of epoxide rings is 1. The standard InChI is InChI=1S/C39H44O11/c1-6-7-8-9-10-11-12-19-36-48-33-29-32-35(21-40,47-32)34(44)37(45)27(20-23(4)30(37)43)39(29,50-36)24(5)31(38(33,49-36)22(2)3)46-28(42)18-15-25-13-16-26(41)17-14-25/h8-20,24,27,29,31-34,40-41,44-45H,2,6-7,21H2,1,3-5H3/b9-8+,11-10+,18-15+,19-12+/t24-,27-,29+,31-,32+,33-,34-,35+,36-,37-,38+,39+/m1/s1. The van der Waals surface area contributed by atoms with Crippen LogP contribution in [0.4, 0.5) is 0 Å². The Morgan fingerprint density at radius 3 is 2.48 bits per heavy atom. The molecule has 4 N–H and O–H groups in total. The first kappa shape index (κ1) is 34.8. The number of aliphatic hydroxyl groups excluding tert-OH is 2. The van der Waals surface area contributed by atoms with Gasteiger partial charge in [-0.25, -0.2) is 4.79 Å². The maximum atomic E-state index is 13.9. The van der Waals surface area contributed by atoms with E-state index in [0.29, 0.717) is 11.1 Å². The van der Waals surface area contributed by atoms with E-state index in [-0.39, 0.29) is 11.3 Å². The van der Waals surface area contributed by atoms with E-state index in [4.69, 9.17) is 23.7 Å². The number of allylic oxidation sites excluding steroid dienone is 5. The van der Waals surface area contributed by atoms with Gasteiger partial charge in [0.1, 0.15) is 35.8 Å². The van der Waals surface area contributed by atoms with Gasteiger partial charge in [-0.1, -0.05) is 75.4 Å². The molecule has 50 heavy (non-hydrogen) atoms. The molecule has 3 bridgehead atoms. The highest BCUT2D eigenvalue weighted by Gasteiger charge is 2.90. The molecule has 5 fully saturated rings. The average Bonchev–Trinajstić information content (AvgIpc) is 3.72. The van der Waals surface area contributed by atoms with Crippen molar-refractivity contribution in [1.82, 2.24) is 0 Å². The minimum atomic E-state index is -2.45. The van der Waals surface area contributed by atoms with E-state index in [2.05, 4.69) is 13.5 Å². The van der Waals surface area contributed by atoms with Crippen LogP contribution in [0.1, 0.15) is 46.1 Å². The molecule has 3 aliphatic carbocycles. The Kier molecular flexibility index (Phi) is 8.30. The smallest absolute Gasteiger partial charge is 0.331 e. The van der Waals surface area contributed by atoms with Crippen LogP contribution < -0.4 is 0 Å². The highest BCUT2D eigenvalue weighted by atomic mass is 16.9. The van der Waals surface area contributed by atoms with Crippen LogP contribution >= 0.6 is 0 Å². The Balaban J connectivity index is 1.38. The lowest BCUT2D eigenvalue weighted by Crippen LogP contribution is -2.76. The van der Waals surface area contributed by atoms with Crippen molar-refractivity contribution >= 4 is 17.8 Å². The summed E-state index contributed by atoms with van der Waals surface area (Å²) in [5, 5.41) is 44.6. The first-order valence-electron chi connectivity index (χ1n) is 17.1. The molecule has 1 aromatic carbocycles. The number of esters is 1. The molecule has 2 saturated carbocycles. The molecular formula is C39H44O11. The summed E-state index contributed by atoms with van der Waals surface area (Å²) in [6.07, 6.45) is 12.4. The number of fused-ring (bicyclic) bond motifs is 3. The first-order valence-corrected chi connectivity index (χ1v) is 17.1. The fraction of sp³-hybridized carbons (Fsp3) is 0.487. The number of carbonyl (C=O) groups excluding carboxylic acids is 2. The number of Topliss-reactive ketones (excluding diaryl/α,β-unsaturated/α-hetero) is 1. The van der Waals surface area contributed by atoms with Gasteiger partial charge in [-0.3, -0.25) is 4.79 Å². The van der Waals surface area contributed by atoms with E-state index in [0.717, 1.165) is 12.8 Å². The van der Waals surface area contributed by atoms with Gasteiger partial charge in [0.2, 0.25) is 0 Å². The number of rotatable bonds is 10. The molecule has 11 nitrogen and oxygen atoms in total. The normalized spacial score (nSPS) is 44.1. The van der Waals surface area contributed by atoms with E-state index in [1.807, 2.05) is 18.2 Å². The van der Waals surface area contributed by atoms with E-state index in [1.165, 1.54) is 18.2 Å². The number of carbonyl (C=O) groups is 2. The lowest BCUT2D eigenvalue weighted by molar-refractivity contribution is -0.407. The Labute approximate surface area is 290 Å². The van der Waals surface area contributed by atoms with Gasteiger partial charge in [0.25, 0.3) is 0 Å². The third-order valence-corrected chi connectivity index (χ3v) is 11.5. The Morgan fingerprint density at radius 1 is 1.08 bits per heavy atom. The topological polar surface area (TPSA) is 165 Å². The highest BCUT2D eigenvalue weighted by Crippen LogP contribution is 2.73. The lowest BCUT2D eigenvalue weighted by Gasteiger charge is -2.61. The number of hydrogen-bond donors (Lipinski definition) is 4. The van der Waals surface area contributed by atoms with Gasteiger partial charge in [-0.05, 0) is 55.2 Å². The van der Waals surface area contributed by atoms with Gasteiger partial charge in [-0.2, -0.15) is 0 Å². The van der Waals surface area contributed by atoms with Gasteiger partial charge in [0.05, 0.1) is 12.2 Å². The number of ketones is 1. The third kappa shape index (κ3) is 4.61. The number of hydrogen-bond acceptors (Lipinski definition) is 11. The first-order chi connectivity index (χ1) is 23.8. The SMILES string of the molecule is C=C(C)[C@@]12O[C@@]3(/C=C/C=C/C=C/CCC)O[C@@H]1[C@@H]1[C@@H]4O[C@]4(CO)[C@@H](O)[C@]4(O)C(=O)C(C)=C[C@H]4[C@@]1(O3)[C@H](C)[C@H]2OC(=O)/C=C/c1ccc(O)cc1. The molecule has 1 aromatic rings. The van der Waals surface area contributed by atoms with Crippen LogP contribution in [-0.2, 0) is 33.3 Å². The van der Waals surface area contributed by atoms with Gasteiger partial charge < -0.3 is 44.1 Å². The molecule has 0 unspecified atom stereocenters. The molecule has 7 rings (SSSR count). The van der Waals surface area contributed by atoms with E-state index in [9.17, 15) is 30.0 Å². The Morgan fingerprint density at radius 2 is 1.80 bits per heavy atom. The molecule has 12 atom stereocenters. The molecule has 0 aromatic heterocycles. The summed E-state index contributed by atoms with van der Waals surface area (Å²) < 4.78 is 33.0. The summed E-state index contributed by atoms with van der Waals surface area (Å²) in [7, 11) is 0. The number of phenolic OH excluding ortho intramolecular Hbond substituents is 1. The van der Waals surface area contributed by atoms with E-state index >= 15 is 0 Å². The minimum Gasteiger partial charge on any atom is -0.508 e. The molecule has 266 valence electrons. The van der Waals surface area contributed by atoms with Crippen molar-refractivity contribution in [3.63, 3.8) is 0 Å². The Bertz CT molecular complexity index is 1740. The van der Waals surface area contributed by atoms with Gasteiger partial charge in [-0.15, -0.1) is 0 Å². The summed E-state index contributed by atoms with van der Waals surface area (Å²) in [6, 6.07) is 6.28. The van der Waals surface area contributed by atoms with Gasteiger partial charge in [0.15, 0.2) is 17.0 Å². The number of benzene rings is 1. The van der Waals surface area contributed by atoms with Gasteiger partial charge in [0, 0.05) is 29.9 Å². The number of unbranched alkanes of at least 4 members (excludes halogenated alkanes) is 1. The predicted octanol–water partition coefficient (Wildman–Crippen LogP) is 3.59. The van der Waals surface area contributed by atoms with Crippen molar-refractivity contribution in [2.75, 3.05) is 6.61 Å². The van der Waals surface area contributed by atoms with Crippen LogP contribution in [0.15, 0.2) is 90.6 Å². The molecule has 11 heteroatoms. The number of aromatic hydroxyl groups is 1. The highest BCUT2D eigenvalue weighted by molar-refractivity contribution is 6.05. The summed E-state index contributed by atoms with van der Waals surface area (Å²) in [5.41, 5.74) is -5.94. The number of aliphatic hydroxyl groups is 3. The quantitative estimate of drug-likeness (QED) is 0.0934. The Hall–Kier alpha value is -3.68. The zero-order valence-corrected chi connectivity index (χ0v) is 28.5. The van der Waals surface area contributed by atoms with Crippen LogP contribution in [0.5, 0.6) is 5.75 Å². The van der Waals surface area contributed by atoms with Crippen molar-refractivity contribution in [3.8, 4) is 5.75 Å². The molecule has 6 aliphatic rings. The van der Waals surface area contributed by atoms with Crippen molar-refractivity contribution in [1.29, 1.82) is 0 Å². The molecule has 3 saturated heterocycles. The number of phenols is 1. The molecular weight excluding hydrogens is 644 g/mol. The zero-order valence-electron chi connectivity index (χ0n) is 28.5. The second-order valence-corrected chi connectivity index (χ2v) is 14.4. The summed E-state index contributed by atoms with van der Waals surface area (Å²) in [6.45, 7) is 10.8.